The lowest BCUT2D eigenvalue weighted by atomic mass is 10.2. The van der Waals surface area contributed by atoms with Crippen molar-refractivity contribution in [1.82, 2.24) is 10.3 Å². The molecule has 0 spiro atoms. The first-order valence-corrected chi connectivity index (χ1v) is 5.90. The van der Waals surface area contributed by atoms with Crippen molar-refractivity contribution in [3.8, 4) is 0 Å². The van der Waals surface area contributed by atoms with Crippen LogP contribution >= 0.6 is 0 Å². The van der Waals surface area contributed by atoms with Gasteiger partial charge < -0.3 is 14.2 Å². The van der Waals surface area contributed by atoms with Crippen molar-refractivity contribution in [2.24, 2.45) is 0 Å². The molecule has 0 saturated heterocycles. The lowest BCUT2D eigenvalue weighted by molar-refractivity contribution is 0.0923. The number of furan rings is 1. The van der Waals surface area contributed by atoms with Gasteiger partial charge in [-0.3, -0.25) is 4.79 Å². The Morgan fingerprint density at radius 1 is 1.37 bits per heavy atom. The predicted octanol–water partition coefficient (Wildman–Crippen LogP) is 2.66. The van der Waals surface area contributed by atoms with Crippen molar-refractivity contribution in [2.75, 3.05) is 0 Å². The van der Waals surface area contributed by atoms with Crippen LogP contribution in [0, 0.1) is 6.92 Å². The third kappa shape index (κ3) is 2.35. The summed E-state index contributed by atoms with van der Waals surface area (Å²) in [6, 6.07) is 8.95. The minimum Gasteiger partial charge on any atom is -0.459 e. The topological polar surface area (TPSA) is 68.3 Å². The van der Waals surface area contributed by atoms with Crippen LogP contribution in [0.1, 0.15) is 22.0 Å². The van der Waals surface area contributed by atoms with Crippen LogP contribution < -0.4 is 5.32 Å². The van der Waals surface area contributed by atoms with Gasteiger partial charge in [-0.2, -0.15) is 0 Å². The summed E-state index contributed by atoms with van der Waals surface area (Å²) in [5.41, 5.74) is 2.50. The first-order valence-electron chi connectivity index (χ1n) is 5.90. The normalized spacial score (nSPS) is 10.8. The number of carbonyl (C=O) groups is 1. The Morgan fingerprint density at radius 3 is 3.05 bits per heavy atom. The molecule has 2 heterocycles. The number of nitrogens with zero attached hydrogens (tertiary/aromatic N) is 1. The Balaban J connectivity index is 1.73. The zero-order valence-corrected chi connectivity index (χ0v) is 10.3. The highest BCUT2D eigenvalue weighted by Crippen LogP contribution is 2.16. The minimum absolute atomic E-state index is 0.235. The molecule has 3 rings (SSSR count). The minimum atomic E-state index is -0.235. The fraction of sp³-hybridized carbons (Fsp3) is 0.143. The second kappa shape index (κ2) is 4.61. The summed E-state index contributed by atoms with van der Waals surface area (Å²) in [4.78, 5) is 16.0. The van der Waals surface area contributed by atoms with E-state index in [2.05, 4.69) is 10.3 Å². The molecule has 96 valence electrons. The van der Waals surface area contributed by atoms with E-state index in [1.807, 2.05) is 18.2 Å². The molecule has 0 saturated carbocycles. The number of amides is 1. The number of hydrogen-bond donors (Lipinski definition) is 1. The van der Waals surface area contributed by atoms with Crippen molar-refractivity contribution >= 4 is 17.0 Å². The molecule has 0 aliphatic rings. The van der Waals surface area contributed by atoms with Gasteiger partial charge >= 0.3 is 0 Å². The molecule has 19 heavy (non-hydrogen) atoms. The number of aromatic nitrogens is 1. The number of hydrogen-bond acceptors (Lipinski definition) is 4. The third-order valence-corrected chi connectivity index (χ3v) is 2.76. The molecule has 0 atom stereocenters. The summed E-state index contributed by atoms with van der Waals surface area (Å²) >= 11 is 0. The lowest BCUT2D eigenvalue weighted by Gasteiger charge is -2.02. The van der Waals surface area contributed by atoms with E-state index in [4.69, 9.17) is 8.83 Å². The average molecular weight is 256 g/mol. The summed E-state index contributed by atoms with van der Waals surface area (Å²) in [5.74, 6) is 0.701. The number of oxazole rings is 1. The van der Waals surface area contributed by atoms with Crippen molar-refractivity contribution in [1.29, 1.82) is 0 Å². The molecule has 0 aliphatic heterocycles. The fourth-order valence-corrected chi connectivity index (χ4v) is 1.88. The standard InChI is InChI=1S/C14H12N2O3/c1-9-16-11-7-10(4-5-12(11)19-9)8-15-14(17)13-3-2-6-18-13/h2-7H,8H2,1H3,(H,15,17). The lowest BCUT2D eigenvalue weighted by Crippen LogP contribution is -2.22. The van der Waals surface area contributed by atoms with Gasteiger partial charge in [0.15, 0.2) is 17.2 Å². The number of rotatable bonds is 3. The molecule has 0 unspecified atom stereocenters. The Morgan fingerprint density at radius 2 is 2.26 bits per heavy atom. The maximum atomic E-state index is 11.7. The Labute approximate surface area is 109 Å². The maximum Gasteiger partial charge on any atom is 0.287 e. The summed E-state index contributed by atoms with van der Waals surface area (Å²) in [6.07, 6.45) is 1.47. The number of benzene rings is 1. The molecule has 0 aliphatic carbocycles. The quantitative estimate of drug-likeness (QED) is 0.782. The highest BCUT2D eigenvalue weighted by atomic mass is 16.3. The van der Waals surface area contributed by atoms with Crippen LogP contribution in [-0.4, -0.2) is 10.9 Å². The zero-order chi connectivity index (χ0) is 13.2. The van der Waals surface area contributed by atoms with Gasteiger partial charge in [-0.15, -0.1) is 0 Å². The van der Waals surface area contributed by atoms with E-state index in [0.717, 1.165) is 16.7 Å². The van der Waals surface area contributed by atoms with E-state index < -0.39 is 0 Å². The SMILES string of the molecule is Cc1nc2cc(CNC(=O)c3ccco3)ccc2o1. The van der Waals surface area contributed by atoms with Crippen molar-refractivity contribution in [2.45, 2.75) is 13.5 Å². The number of carbonyl (C=O) groups excluding carboxylic acids is 1. The van der Waals surface area contributed by atoms with Gasteiger partial charge in [0, 0.05) is 13.5 Å². The molecule has 3 aromatic rings. The summed E-state index contributed by atoms with van der Waals surface area (Å²) in [7, 11) is 0. The van der Waals surface area contributed by atoms with Gasteiger partial charge in [0.2, 0.25) is 0 Å². The Bertz CT molecular complexity index is 713. The molecule has 1 N–H and O–H groups in total. The zero-order valence-electron chi connectivity index (χ0n) is 10.3. The Kier molecular flexibility index (Phi) is 2.79. The van der Waals surface area contributed by atoms with E-state index in [1.165, 1.54) is 6.26 Å². The first kappa shape index (κ1) is 11.5. The van der Waals surface area contributed by atoms with Crippen LogP contribution in [0.25, 0.3) is 11.1 Å². The molecule has 1 amide bonds. The van der Waals surface area contributed by atoms with Crippen LogP contribution in [0.3, 0.4) is 0 Å². The largest absolute Gasteiger partial charge is 0.459 e. The molecule has 1 aromatic carbocycles. The average Bonchev–Trinajstić information content (AvgIpc) is 3.03. The van der Waals surface area contributed by atoms with Crippen LogP contribution in [-0.2, 0) is 6.54 Å². The van der Waals surface area contributed by atoms with E-state index in [0.29, 0.717) is 18.2 Å². The highest BCUT2D eigenvalue weighted by molar-refractivity contribution is 5.91. The van der Waals surface area contributed by atoms with Crippen LogP contribution in [0.5, 0.6) is 0 Å². The van der Waals surface area contributed by atoms with Crippen LogP contribution in [0.4, 0.5) is 0 Å². The number of nitrogens with one attached hydrogen (secondary N) is 1. The third-order valence-electron chi connectivity index (χ3n) is 2.76. The van der Waals surface area contributed by atoms with Gasteiger partial charge in [0.25, 0.3) is 5.91 Å². The van der Waals surface area contributed by atoms with Gasteiger partial charge in [0.05, 0.1) is 6.26 Å². The number of aryl methyl sites for hydroxylation is 1. The van der Waals surface area contributed by atoms with Crippen molar-refractivity contribution in [3.05, 3.63) is 53.8 Å². The van der Waals surface area contributed by atoms with E-state index >= 15 is 0 Å². The fourth-order valence-electron chi connectivity index (χ4n) is 1.88. The second-order valence-corrected chi connectivity index (χ2v) is 4.19. The molecule has 0 bridgehead atoms. The summed E-state index contributed by atoms with van der Waals surface area (Å²) in [6.45, 7) is 2.22. The molecule has 0 fully saturated rings. The maximum absolute atomic E-state index is 11.7. The molecular weight excluding hydrogens is 244 g/mol. The van der Waals surface area contributed by atoms with Gasteiger partial charge in [-0.1, -0.05) is 6.07 Å². The molecule has 5 nitrogen and oxygen atoms in total. The van der Waals surface area contributed by atoms with Crippen LogP contribution in [0.15, 0.2) is 45.4 Å². The van der Waals surface area contributed by atoms with E-state index in [-0.39, 0.29) is 5.91 Å². The predicted molar refractivity (Wildman–Crippen MR) is 68.6 cm³/mol. The molecule has 5 heteroatoms. The summed E-state index contributed by atoms with van der Waals surface area (Å²) < 4.78 is 10.4. The number of fused-ring (bicyclic) bond motifs is 1. The van der Waals surface area contributed by atoms with Crippen molar-refractivity contribution in [3.63, 3.8) is 0 Å². The smallest absolute Gasteiger partial charge is 0.287 e. The Hall–Kier alpha value is -2.56. The molecular formula is C14H12N2O3. The molecule has 2 aromatic heterocycles. The second-order valence-electron chi connectivity index (χ2n) is 4.19. The van der Waals surface area contributed by atoms with Crippen LogP contribution in [0.2, 0.25) is 0 Å². The highest BCUT2D eigenvalue weighted by Gasteiger charge is 2.08. The molecule has 0 radical (unpaired) electrons. The van der Waals surface area contributed by atoms with Gasteiger partial charge in [-0.05, 0) is 29.8 Å². The van der Waals surface area contributed by atoms with Crippen molar-refractivity contribution < 1.29 is 13.6 Å². The van der Waals surface area contributed by atoms with E-state index in [9.17, 15) is 4.79 Å². The summed E-state index contributed by atoms with van der Waals surface area (Å²) in [5, 5.41) is 2.78. The monoisotopic (exact) mass is 256 g/mol. The first-order chi connectivity index (χ1) is 9.22. The van der Waals surface area contributed by atoms with E-state index in [1.54, 1.807) is 19.1 Å². The van der Waals surface area contributed by atoms with Gasteiger partial charge in [-0.25, -0.2) is 4.98 Å². The van der Waals surface area contributed by atoms with Gasteiger partial charge in [0.1, 0.15) is 5.52 Å².